The van der Waals surface area contributed by atoms with Crippen molar-refractivity contribution >= 4 is 11.7 Å². The Hall–Kier alpha value is -1.56. The van der Waals surface area contributed by atoms with E-state index in [1.54, 1.807) is 13.2 Å². The summed E-state index contributed by atoms with van der Waals surface area (Å²) in [6.07, 6.45) is 1.55. The van der Waals surface area contributed by atoms with Crippen LogP contribution in [0, 0.1) is 0 Å². The molecule has 1 saturated heterocycles. The van der Waals surface area contributed by atoms with Crippen LogP contribution in [0.25, 0.3) is 0 Å². The second-order valence-electron chi connectivity index (χ2n) is 4.29. The number of aryl methyl sites for hydroxylation is 1. The van der Waals surface area contributed by atoms with Gasteiger partial charge in [0.2, 0.25) is 0 Å². The van der Waals surface area contributed by atoms with Crippen molar-refractivity contribution in [2.24, 2.45) is 7.05 Å². The minimum absolute atomic E-state index is 0.00801. The highest BCUT2D eigenvalue weighted by Crippen LogP contribution is 2.14. The van der Waals surface area contributed by atoms with Crippen molar-refractivity contribution in [3.05, 3.63) is 11.8 Å². The van der Waals surface area contributed by atoms with Gasteiger partial charge in [-0.2, -0.15) is 5.10 Å². The van der Waals surface area contributed by atoms with Crippen molar-refractivity contribution in [2.75, 3.05) is 38.5 Å². The molecular formula is C11H19N5O. The molecule has 2 heterocycles. The summed E-state index contributed by atoms with van der Waals surface area (Å²) in [4.78, 5) is 16.4. The third-order valence-corrected chi connectivity index (χ3v) is 3.32. The fourth-order valence-electron chi connectivity index (χ4n) is 2.05. The van der Waals surface area contributed by atoms with Gasteiger partial charge in [-0.15, -0.1) is 0 Å². The molecule has 1 aromatic heterocycles. The van der Waals surface area contributed by atoms with Crippen LogP contribution in [0.5, 0.6) is 0 Å². The molecule has 0 saturated carbocycles. The van der Waals surface area contributed by atoms with Gasteiger partial charge in [0, 0.05) is 33.2 Å². The molecule has 1 fully saturated rings. The maximum absolute atomic E-state index is 12.2. The summed E-state index contributed by atoms with van der Waals surface area (Å²) in [5.74, 6) is 0.430. The van der Waals surface area contributed by atoms with E-state index >= 15 is 0 Å². The highest BCUT2D eigenvalue weighted by Gasteiger charge is 2.24. The Kier molecular flexibility index (Phi) is 3.33. The topological polar surface area (TPSA) is 67.4 Å². The largest absolute Gasteiger partial charge is 0.383 e. The summed E-state index contributed by atoms with van der Waals surface area (Å²) in [5, 5.41) is 4.00. The average Bonchev–Trinajstić information content (AvgIpc) is 2.69. The quantitative estimate of drug-likeness (QED) is 0.772. The van der Waals surface area contributed by atoms with E-state index in [9.17, 15) is 4.79 Å². The maximum atomic E-state index is 12.2. The van der Waals surface area contributed by atoms with Crippen molar-refractivity contribution in [3.8, 4) is 0 Å². The number of anilines is 1. The van der Waals surface area contributed by atoms with E-state index in [2.05, 4.69) is 16.9 Å². The number of carbonyl (C=O) groups excluding carboxylic acids is 1. The van der Waals surface area contributed by atoms with E-state index in [4.69, 9.17) is 5.73 Å². The molecule has 0 spiro atoms. The summed E-state index contributed by atoms with van der Waals surface area (Å²) in [6.45, 7) is 6.57. The van der Waals surface area contributed by atoms with Crippen molar-refractivity contribution in [1.82, 2.24) is 19.6 Å². The predicted molar refractivity (Wildman–Crippen MR) is 65.6 cm³/mol. The molecule has 1 amide bonds. The first-order chi connectivity index (χ1) is 8.13. The Morgan fingerprint density at radius 3 is 2.53 bits per heavy atom. The number of nitrogens with zero attached hydrogens (tertiary/aromatic N) is 4. The van der Waals surface area contributed by atoms with E-state index in [1.807, 2.05) is 4.90 Å². The van der Waals surface area contributed by atoms with Crippen LogP contribution >= 0.6 is 0 Å². The molecule has 1 aromatic rings. The molecule has 2 N–H and O–H groups in total. The van der Waals surface area contributed by atoms with Crippen LogP contribution in [0.3, 0.4) is 0 Å². The zero-order valence-corrected chi connectivity index (χ0v) is 10.4. The van der Waals surface area contributed by atoms with Crippen LogP contribution in [0.4, 0.5) is 5.82 Å². The lowest BCUT2D eigenvalue weighted by Crippen LogP contribution is -2.48. The molecule has 0 unspecified atom stereocenters. The van der Waals surface area contributed by atoms with Crippen LogP contribution in [0.2, 0.25) is 0 Å². The second-order valence-corrected chi connectivity index (χ2v) is 4.29. The molecule has 0 radical (unpaired) electrons. The number of nitrogens with two attached hydrogens (primary N) is 1. The van der Waals surface area contributed by atoms with E-state index in [0.717, 1.165) is 32.7 Å². The van der Waals surface area contributed by atoms with Gasteiger partial charge in [-0.05, 0) is 6.54 Å². The van der Waals surface area contributed by atoms with Crippen LogP contribution < -0.4 is 5.73 Å². The highest BCUT2D eigenvalue weighted by molar-refractivity contribution is 5.98. The van der Waals surface area contributed by atoms with Crippen molar-refractivity contribution in [2.45, 2.75) is 6.92 Å². The van der Waals surface area contributed by atoms with Crippen LogP contribution in [0.1, 0.15) is 17.3 Å². The first-order valence-electron chi connectivity index (χ1n) is 5.92. The summed E-state index contributed by atoms with van der Waals surface area (Å²) >= 11 is 0. The number of aromatic nitrogens is 2. The van der Waals surface area contributed by atoms with E-state index in [0.29, 0.717) is 11.4 Å². The van der Waals surface area contributed by atoms with Gasteiger partial charge >= 0.3 is 0 Å². The predicted octanol–water partition coefficient (Wildman–Crippen LogP) is -0.220. The van der Waals surface area contributed by atoms with E-state index in [1.165, 1.54) is 4.68 Å². The lowest BCUT2D eigenvalue weighted by molar-refractivity contribution is 0.0644. The summed E-state index contributed by atoms with van der Waals surface area (Å²) < 4.78 is 1.52. The summed E-state index contributed by atoms with van der Waals surface area (Å²) in [7, 11) is 1.74. The van der Waals surface area contributed by atoms with Gasteiger partial charge in [0.05, 0.1) is 6.20 Å². The Bertz CT molecular complexity index is 406. The minimum Gasteiger partial charge on any atom is -0.383 e. The monoisotopic (exact) mass is 237 g/mol. The number of carbonyl (C=O) groups is 1. The summed E-state index contributed by atoms with van der Waals surface area (Å²) in [5.41, 5.74) is 6.32. The third-order valence-electron chi connectivity index (χ3n) is 3.32. The van der Waals surface area contributed by atoms with Crippen molar-refractivity contribution in [1.29, 1.82) is 0 Å². The molecule has 1 aliphatic heterocycles. The first-order valence-corrected chi connectivity index (χ1v) is 5.92. The van der Waals surface area contributed by atoms with Crippen molar-refractivity contribution < 1.29 is 4.79 Å². The van der Waals surface area contributed by atoms with E-state index in [-0.39, 0.29) is 5.91 Å². The Labute approximate surface area is 101 Å². The molecule has 1 aliphatic rings. The number of nitrogen functional groups attached to an aromatic ring is 1. The Balaban J connectivity index is 2.04. The second kappa shape index (κ2) is 4.75. The highest BCUT2D eigenvalue weighted by atomic mass is 16.2. The molecule has 6 nitrogen and oxygen atoms in total. The molecule has 0 aromatic carbocycles. The van der Waals surface area contributed by atoms with Crippen LogP contribution in [0.15, 0.2) is 6.20 Å². The van der Waals surface area contributed by atoms with Gasteiger partial charge in [0.15, 0.2) is 0 Å². The SMILES string of the molecule is CCN1CCN(C(=O)c2cnn(C)c2N)CC1. The number of hydrogen-bond donors (Lipinski definition) is 1. The van der Waals surface area contributed by atoms with Crippen LogP contribution in [-0.4, -0.2) is 58.2 Å². The standard InChI is InChI=1S/C11H19N5O/c1-3-15-4-6-16(7-5-15)11(17)9-8-13-14(2)10(9)12/h8H,3-7,12H2,1-2H3. The van der Waals surface area contributed by atoms with E-state index < -0.39 is 0 Å². The first kappa shape index (κ1) is 11.9. The lowest BCUT2D eigenvalue weighted by Gasteiger charge is -2.33. The Morgan fingerprint density at radius 2 is 2.06 bits per heavy atom. The zero-order valence-electron chi connectivity index (χ0n) is 10.4. The molecule has 6 heteroatoms. The van der Waals surface area contributed by atoms with Crippen LogP contribution in [-0.2, 0) is 7.05 Å². The van der Waals surface area contributed by atoms with Gasteiger partial charge in [-0.1, -0.05) is 6.92 Å². The van der Waals surface area contributed by atoms with Crippen molar-refractivity contribution in [3.63, 3.8) is 0 Å². The number of amides is 1. The molecule has 94 valence electrons. The fourth-order valence-corrected chi connectivity index (χ4v) is 2.05. The fraction of sp³-hybridized carbons (Fsp3) is 0.636. The third kappa shape index (κ3) is 2.26. The molecular weight excluding hydrogens is 218 g/mol. The van der Waals surface area contributed by atoms with Gasteiger partial charge in [0.1, 0.15) is 11.4 Å². The molecule has 17 heavy (non-hydrogen) atoms. The lowest BCUT2D eigenvalue weighted by atomic mass is 10.2. The summed E-state index contributed by atoms with van der Waals surface area (Å²) in [6, 6.07) is 0. The average molecular weight is 237 g/mol. The number of piperazine rings is 1. The molecule has 2 rings (SSSR count). The van der Waals surface area contributed by atoms with Gasteiger partial charge in [0.25, 0.3) is 5.91 Å². The molecule has 0 atom stereocenters. The number of likely N-dealkylation sites (N-methyl/N-ethyl adjacent to an activating group) is 1. The van der Waals surface area contributed by atoms with Gasteiger partial charge in [-0.3, -0.25) is 9.48 Å². The number of rotatable bonds is 2. The zero-order chi connectivity index (χ0) is 12.4. The molecule has 0 aliphatic carbocycles. The maximum Gasteiger partial charge on any atom is 0.259 e. The number of hydrogen-bond acceptors (Lipinski definition) is 4. The Morgan fingerprint density at radius 1 is 1.41 bits per heavy atom. The minimum atomic E-state index is -0.00801. The molecule has 0 bridgehead atoms. The van der Waals surface area contributed by atoms with Gasteiger partial charge < -0.3 is 15.5 Å². The smallest absolute Gasteiger partial charge is 0.259 e. The van der Waals surface area contributed by atoms with Gasteiger partial charge in [-0.25, -0.2) is 0 Å². The normalized spacial score (nSPS) is 17.4.